The second-order valence-electron chi connectivity index (χ2n) is 7.48. The number of nitrogens with one attached hydrogen (secondary N) is 1. The van der Waals surface area contributed by atoms with E-state index in [0.29, 0.717) is 24.6 Å². The number of hydrogen-bond acceptors (Lipinski definition) is 5. The number of aromatic nitrogens is 1. The molecule has 3 aliphatic rings. The molecule has 4 rings (SSSR count). The van der Waals surface area contributed by atoms with E-state index in [1.807, 2.05) is 12.1 Å². The molecule has 0 spiro atoms. The van der Waals surface area contributed by atoms with Gasteiger partial charge < -0.3 is 15.0 Å². The predicted octanol–water partition coefficient (Wildman–Crippen LogP) is 2.47. The molecule has 1 N–H and O–H groups in total. The van der Waals surface area contributed by atoms with Gasteiger partial charge in [-0.2, -0.15) is 0 Å². The highest BCUT2D eigenvalue weighted by Crippen LogP contribution is 2.47. The Kier molecular flexibility index (Phi) is 4.82. The highest BCUT2D eigenvalue weighted by Gasteiger charge is 2.52. The SMILES string of the molecule is CC12CCC(=O)N1C(C(=O)NCc1cccnc1OC1CCCC1)CS2. The van der Waals surface area contributed by atoms with Gasteiger partial charge in [0.2, 0.25) is 17.7 Å². The van der Waals surface area contributed by atoms with Gasteiger partial charge in [-0.3, -0.25) is 9.59 Å². The Balaban J connectivity index is 1.40. The minimum atomic E-state index is -0.379. The van der Waals surface area contributed by atoms with Crippen molar-refractivity contribution < 1.29 is 14.3 Å². The second-order valence-corrected chi connectivity index (χ2v) is 8.98. The van der Waals surface area contributed by atoms with Crippen LogP contribution in [-0.2, 0) is 16.1 Å². The van der Waals surface area contributed by atoms with Crippen LogP contribution in [0, 0.1) is 0 Å². The molecule has 1 aliphatic carbocycles. The van der Waals surface area contributed by atoms with E-state index in [9.17, 15) is 9.59 Å². The lowest BCUT2D eigenvalue weighted by Crippen LogP contribution is -2.49. The molecule has 7 heteroatoms. The Morgan fingerprint density at radius 1 is 1.46 bits per heavy atom. The van der Waals surface area contributed by atoms with Crippen LogP contribution < -0.4 is 10.1 Å². The predicted molar refractivity (Wildman–Crippen MR) is 99.7 cm³/mol. The molecule has 2 aliphatic heterocycles. The molecular formula is C19H25N3O3S. The molecule has 26 heavy (non-hydrogen) atoms. The first kappa shape index (κ1) is 17.6. The molecule has 1 aromatic rings. The monoisotopic (exact) mass is 375 g/mol. The fraction of sp³-hybridized carbons (Fsp3) is 0.632. The van der Waals surface area contributed by atoms with Crippen molar-refractivity contribution >= 4 is 23.6 Å². The number of ether oxygens (including phenoxy) is 1. The van der Waals surface area contributed by atoms with Gasteiger partial charge in [0.15, 0.2) is 0 Å². The summed E-state index contributed by atoms with van der Waals surface area (Å²) >= 11 is 1.71. The van der Waals surface area contributed by atoms with Crippen LogP contribution in [0.25, 0.3) is 0 Å². The number of amides is 2. The Bertz CT molecular complexity index is 707. The van der Waals surface area contributed by atoms with Crippen LogP contribution in [0.2, 0.25) is 0 Å². The summed E-state index contributed by atoms with van der Waals surface area (Å²) in [5.41, 5.74) is 0.883. The number of rotatable bonds is 5. The van der Waals surface area contributed by atoms with Crippen molar-refractivity contribution in [2.45, 2.75) is 69.0 Å². The first-order chi connectivity index (χ1) is 12.6. The molecule has 3 heterocycles. The molecule has 2 unspecified atom stereocenters. The average molecular weight is 375 g/mol. The third-order valence-corrected chi connectivity index (χ3v) is 7.14. The number of fused-ring (bicyclic) bond motifs is 1. The Hall–Kier alpha value is -1.76. The van der Waals surface area contributed by atoms with Crippen molar-refractivity contribution in [2.24, 2.45) is 0 Å². The summed E-state index contributed by atoms with van der Waals surface area (Å²) < 4.78 is 6.04. The third kappa shape index (κ3) is 3.29. The van der Waals surface area contributed by atoms with Gasteiger partial charge in [0.25, 0.3) is 0 Å². The van der Waals surface area contributed by atoms with Crippen LogP contribution in [0.5, 0.6) is 5.88 Å². The summed E-state index contributed by atoms with van der Waals surface area (Å²) in [6, 6.07) is 3.41. The van der Waals surface area contributed by atoms with Gasteiger partial charge in [-0.05, 0) is 45.1 Å². The van der Waals surface area contributed by atoms with Crippen LogP contribution in [0.3, 0.4) is 0 Å². The van der Waals surface area contributed by atoms with Gasteiger partial charge in [-0.15, -0.1) is 11.8 Å². The zero-order valence-corrected chi connectivity index (χ0v) is 15.9. The number of pyridine rings is 1. The zero-order valence-electron chi connectivity index (χ0n) is 15.1. The Morgan fingerprint density at radius 2 is 2.27 bits per heavy atom. The van der Waals surface area contributed by atoms with Crippen molar-refractivity contribution in [1.82, 2.24) is 15.2 Å². The third-order valence-electron chi connectivity index (χ3n) is 5.63. The zero-order chi connectivity index (χ0) is 18.1. The Morgan fingerprint density at radius 3 is 3.08 bits per heavy atom. The quantitative estimate of drug-likeness (QED) is 0.856. The summed E-state index contributed by atoms with van der Waals surface area (Å²) in [6.45, 7) is 2.43. The van der Waals surface area contributed by atoms with Crippen molar-refractivity contribution in [3.63, 3.8) is 0 Å². The first-order valence-corrected chi connectivity index (χ1v) is 10.4. The highest BCUT2D eigenvalue weighted by molar-refractivity contribution is 8.01. The number of hydrogen-bond donors (Lipinski definition) is 1. The number of nitrogens with zero attached hydrogens (tertiary/aromatic N) is 2. The van der Waals surface area contributed by atoms with E-state index in [-0.39, 0.29) is 28.8 Å². The van der Waals surface area contributed by atoms with E-state index in [2.05, 4.69) is 17.2 Å². The molecule has 2 saturated heterocycles. The van der Waals surface area contributed by atoms with E-state index in [1.54, 1.807) is 22.9 Å². The lowest BCUT2D eigenvalue weighted by atomic mass is 10.2. The molecule has 3 fully saturated rings. The van der Waals surface area contributed by atoms with Crippen molar-refractivity contribution in [3.05, 3.63) is 23.9 Å². The summed E-state index contributed by atoms with van der Waals surface area (Å²) in [5.74, 6) is 1.27. The van der Waals surface area contributed by atoms with Gasteiger partial charge in [-0.25, -0.2) is 4.98 Å². The van der Waals surface area contributed by atoms with Crippen LogP contribution >= 0.6 is 11.8 Å². The average Bonchev–Trinajstić information content (AvgIpc) is 3.32. The largest absolute Gasteiger partial charge is 0.474 e. The van der Waals surface area contributed by atoms with Crippen LogP contribution in [0.15, 0.2) is 18.3 Å². The van der Waals surface area contributed by atoms with Gasteiger partial charge >= 0.3 is 0 Å². The normalized spacial score (nSPS) is 28.4. The fourth-order valence-corrected chi connectivity index (χ4v) is 5.58. The van der Waals surface area contributed by atoms with Gasteiger partial charge in [0.05, 0.1) is 4.87 Å². The van der Waals surface area contributed by atoms with Gasteiger partial charge in [0.1, 0.15) is 12.1 Å². The molecule has 0 aromatic carbocycles. The lowest BCUT2D eigenvalue weighted by Gasteiger charge is -2.29. The Labute approximate surface area is 158 Å². The summed E-state index contributed by atoms with van der Waals surface area (Å²) in [7, 11) is 0. The molecule has 1 saturated carbocycles. The summed E-state index contributed by atoms with van der Waals surface area (Å²) in [4.78, 5) is 30.8. The standard InChI is InChI=1S/C19H25N3O3S/c1-19-9-8-16(23)22(19)15(12-26-19)17(24)21-11-13-5-4-10-20-18(13)25-14-6-2-3-7-14/h4-5,10,14-15H,2-3,6-9,11-12H2,1H3,(H,21,24). The highest BCUT2D eigenvalue weighted by atomic mass is 32.2. The summed E-state index contributed by atoms with van der Waals surface area (Å²) in [5, 5.41) is 2.99. The molecule has 140 valence electrons. The molecule has 2 amide bonds. The molecule has 0 bridgehead atoms. The molecule has 6 nitrogen and oxygen atoms in total. The summed E-state index contributed by atoms with van der Waals surface area (Å²) in [6.07, 6.45) is 7.84. The topological polar surface area (TPSA) is 71.5 Å². The van der Waals surface area contributed by atoms with Crippen LogP contribution in [0.4, 0.5) is 0 Å². The molecule has 1 aromatic heterocycles. The van der Waals surface area contributed by atoms with Gasteiger partial charge in [-0.1, -0.05) is 6.07 Å². The maximum Gasteiger partial charge on any atom is 0.243 e. The molecule has 2 atom stereocenters. The second kappa shape index (κ2) is 7.10. The van der Waals surface area contributed by atoms with Crippen molar-refractivity contribution in [3.8, 4) is 5.88 Å². The smallest absolute Gasteiger partial charge is 0.243 e. The molecule has 0 radical (unpaired) electrons. The maximum absolute atomic E-state index is 12.7. The molecular weight excluding hydrogens is 350 g/mol. The van der Waals surface area contributed by atoms with E-state index in [1.165, 1.54) is 12.8 Å². The number of carbonyl (C=O) groups is 2. The van der Waals surface area contributed by atoms with Crippen LogP contribution in [-0.4, -0.2) is 44.5 Å². The van der Waals surface area contributed by atoms with E-state index in [0.717, 1.165) is 24.8 Å². The van der Waals surface area contributed by atoms with Gasteiger partial charge in [0, 0.05) is 30.5 Å². The van der Waals surface area contributed by atoms with E-state index >= 15 is 0 Å². The van der Waals surface area contributed by atoms with Crippen LogP contribution in [0.1, 0.15) is 51.0 Å². The fourth-order valence-electron chi connectivity index (χ4n) is 4.14. The number of thioether (sulfide) groups is 1. The maximum atomic E-state index is 12.7. The van der Waals surface area contributed by atoms with Crippen molar-refractivity contribution in [2.75, 3.05) is 5.75 Å². The minimum absolute atomic E-state index is 0.0873. The minimum Gasteiger partial charge on any atom is -0.474 e. The lowest BCUT2D eigenvalue weighted by molar-refractivity contribution is -0.138. The van der Waals surface area contributed by atoms with Crippen molar-refractivity contribution in [1.29, 1.82) is 0 Å². The van der Waals surface area contributed by atoms with E-state index < -0.39 is 0 Å². The number of carbonyl (C=O) groups excluding carboxylic acids is 2. The van der Waals surface area contributed by atoms with E-state index in [4.69, 9.17) is 4.74 Å². The first-order valence-electron chi connectivity index (χ1n) is 9.41.